The maximum absolute atomic E-state index is 6.07. The molecule has 1 unspecified atom stereocenters. The summed E-state index contributed by atoms with van der Waals surface area (Å²) in [6.45, 7) is 0.888. The first-order valence-electron chi connectivity index (χ1n) is 5.58. The summed E-state index contributed by atoms with van der Waals surface area (Å²) in [7, 11) is 7.48. The van der Waals surface area contributed by atoms with Crippen molar-refractivity contribution in [2.45, 2.75) is 12.1 Å². The molecule has 6 N–H and O–H groups in total. The normalized spacial score (nSPS) is 24.6. The number of methoxy groups -OCH3 is 1. The van der Waals surface area contributed by atoms with E-state index >= 15 is 0 Å². The van der Waals surface area contributed by atoms with Gasteiger partial charge in [0.1, 0.15) is 5.66 Å². The minimum atomic E-state index is -0.502. The van der Waals surface area contributed by atoms with Crippen molar-refractivity contribution < 1.29 is 4.74 Å². The van der Waals surface area contributed by atoms with Gasteiger partial charge in [0.15, 0.2) is 0 Å². The molecule has 1 atom stereocenters. The molecule has 0 saturated heterocycles. The maximum Gasteiger partial charge on any atom is 0.212 e. The molecule has 98 valence electrons. The van der Waals surface area contributed by atoms with Crippen molar-refractivity contribution in [3.63, 3.8) is 0 Å². The van der Waals surface area contributed by atoms with E-state index in [2.05, 4.69) is 15.5 Å². The Labute approximate surface area is 103 Å². The Morgan fingerprint density at radius 2 is 2.12 bits per heavy atom. The number of dihydropyridines is 1. The fourth-order valence-electron chi connectivity index (χ4n) is 1.79. The molecule has 17 heavy (non-hydrogen) atoms. The van der Waals surface area contributed by atoms with Crippen molar-refractivity contribution in [1.29, 1.82) is 0 Å². The fourth-order valence-corrected chi connectivity index (χ4v) is 1.79. The Bertz CT molecular complexity index is 337. The summed E-state index contributed by atoms with van der Waals surface area (Å²) in [5, 5.41) is 6.43. The van der Waals surface area contributed by atoms with Crippen molar-refractivity contribution in [3.05, 3.63) is 23.4 Å². The Morgan fingerprint density at radius 1 is 1.47 bits per heavy atom. The van der Waals surface area contributed by atoms with Crippen LogP contribution in [0.3, 0.4) is 0 Å². The van der Waals surface area contributed by atoms with Crippen molar-refractivity contribution in [2.24, 2.45) is 11.5 Å². The van der Waals surface area contributed by atoms with Gasteiger partial charge in [-0.25, -0.2) is 0 Å². The molecule has 0 aromatic heterocycles. The van der Waals surface area contributed by atoms with Gasteiger partial charge in [-0.1, -0.05) is 0 Å². The van der Waals surface area contributed by atoms with Crippen LogP contribution in [0.15, 0.2) is 23.4 Å². The van der Waals surface area contributed by atoms with Gasteiger partial charge in [0.25, 0.3) is 0 Å². The van der Waals surface area contributed by atoms with Crippen LogP contribution in [-0.4, -0.2) is 45.4 Å². The van der Waals surface area contributed by atoms with Gasteiger partial charge < -0.3 is 26.4 Å². The lowest BCUT2D eigenvalue weighted by atomic mass is 9.98. The van der Waals surface area contributed by atoms with Crippen LogP contribution in [0.1, 0.15) is 6.42 Å². The highest BCUT2D eigenvalue weighted by Gasteiger charge is 2.35. The highest BCUT2D eigenvalue weighted by atomic mass is 16.5. The van der Waals surface area contributed by atoms with Crippen LogP contribution in [0, 0.1) is 0 Å². The molecule has 1 rings (SSSR count). The largest absolute Gasteiger partial charge is 0.481 e. The lowest BCUT2D eigenvalue weighted by Gasteiger charge is -2.39. The van der Waals surface area contributed by atoms with Gasteiger partial charge in [-0.05, 0) is 27.2 Å². The minimum absolute atomic E-state index is 0.502. The first kappa shape index (κ1) is 13.7. The first-order chi connectivity index (χ1) is 7.95. The summed E-state index contributed by atoms with van der Waals surface area (Å²) in [4.78, 5) is 2.10. The number of nitrogens with zero attached hydrogens (tertiary/aromatic N) is 1. The molecule has 1 heterocycles. The van der Waals surface area contributed by atoms with Crippen molar-refractivity contribution in [3.8, 4) is 0 Å². The van der Waals surface area contributed by atoms with Gasteiger partial charge in [0.05, 0.1) is 18.5 Å². The second-order valence-electron chi connectivity index (χ2n) is 4.42. The molecule has 0 spiro atoms. The Balaban J connectivity index is 2.91. The predicted molar refractivity (Wildman–Crippen MR) is 68.6 cm³/mol. The third kappa shape index (κ3) is 2.83. The number of allylic oxidation sites excluding steroid dienone is 1. The van der Waals surface area contributed by atoms with Crippen LogP contribution < -0.4 is 22.1 Å². The zero-order valence-electron chi connectivity index (χ0n) is 11.0. The Hall–Kier alpha value is -1.40. The third-order valence-corrected chi connectivity index (χ3v) is 2.96. The van der Waals surface area contributed by atoms with Crippen LogP contribution >= 0.6 is 0 Å². The average Bonchev–Trinajstić information content (AvgIpc) is 2.28. The topological polar surface area (TPSA) is 88.6 Å². The molecule has 0 aromatic rings. The number of hydrogen-bond donors (Lipinski definition) is 4. The van der Waals surface area contributed by atoms with E-state index in [1.165, 1.54) is 0 Å². The molecule has 0 bridgehead atoms. The molecule has 0 aliphatic carbocycles. The van der Waals surface area contributed by atoms with E-state index in [-0.39, 0.29) is 0 Å². The second-order valence-corrected chi connectivity index (χ2v) is 4.42. The number of ether oxygens (including phenoxy) is 1. The number of likely N-dealkylation sites (N-methyl/N-ethyl adjacent to an activating group) is 1. The molecule has 0 fully saturated rings. The quantitative estimate of drug-likeness (QED) is 0.497. The highest BCUT2D eigenvalue weighted by Crippen LogP contribution is 2.22. The van der Waals surface area contributed by atoms with Gasteiger partial charge in [-0.15, -0.1) is 0 Å². The van der Waals surface area contributed by atoms with Crippen LogP contribution in [-0.2, 0) is 4.74 Å². The molecule has 0 saturated carbocycles. The third-order valence-electron chi connectivity index (χ3n) is 2.96. The molecule has 6 heteroatoms. The molecule has 6 nitrogen and oxygen atoms in total. The summed E-state index contributed by atoms with van der Waals surface area (Å²) in [6, 6.07) is 0. The van der Waals surface area contributed by atoms with Gasteiger partial charge in [-0.2, -0.15) is 0 Å². The number of rotatable bonds is 5. The van der Waals surface area contributed by atoms with E-state index in [0.717, 1.165) is 13.0 Å². The smallest absolute Gasteiger partial charge is 0.212 e. The van der Waals surface area contributed by atoms with E-state index in [1.54, 1.807) is 13.2 Å². The van der Waals surface area contributed by atoms with Crippen molar-refractivity contribution in [1.82, 2.24) is 15.5 Å². The standard InChI is InChI=1S/C11H23N5O/c1-14-11(5-6-16(2)3)9(13)7-8(12)10(15-11)17-4/h7,14-15H,5-6,12-13H2,1-4H3. The summed E-state index contributed by atoms with van der Waals surface area (Å²) in [6.07, 6.45) is 2.54. The highest BCUT2D eigenvalue weighted by molar-refractivity contribution is 5.34. The molecule has 0 aromatic carbocycles. The molecular weight excluding hydrogens is 218 g/mol. The van der Waals surface area contributed by atoms with Gasteiger partial charge >= 0.3 is 0 Å². The van der Waals surface area contributed by atoms with E-state index in [4.69, 9.17) is 16.2 Å². The number of hydrogen-bond acceptors (Lipinski definition) is 6. The zero-order chi connectivity index (χ0) is 13.1. The van der Waals surface area contributed by atoms with E-state index in [0.29, 0.717) is 17.3 Å². The van der Waals surface area contributed by atoms with Gasteiger partial charge in [0.2, 0.25) is 5.88 Å². The minimum Gasteiger partial charge on any atom is -0.481 e. The second kappa shape index (κ2) is 5.29. The van der Waals surface area contributed by atoms with Gasteiger partial charge in [0, 0.05) is 13.0 Å². The summed E-state index contributed by atoms with van der Waals surface area (Å²) in [5.74, 6) is 0.548. The summed E-state index contributed by atoms with van der Waals surface area (Å²) >= 11 is 0. The van der Waals surface area contributed by atoms with Crippen molar-refractivity contribution >= 4 is 0 Å². The SMILES string of the molecule is CNC1(CCN(C)C)NC(OC)=C(N)C=C1N. The summed E-state index contributed by atoms with van der Waals surface area (Å²) < 4.78 is 5.21. The van der Waals surface area contributed by atoms with E-state index in [1.807, 2.05) is 21.1 Å². The van der Waals surface area contributed by atoms with Crippen molar-refractivity contribution in [2.75, 3.05) is 34.8 Å². The average molecular weight is 241 g/mol. The first-order valence-corrected chi connectivity index (χ1v) is 5.58. The van der Waals surface area contributed by atoms with Crippen LogP contribution in [0.2, 0.25) is 0 Å². The predicted octanol–water partition coefficient (Wildman–Crippen LogP) is -0.926. The van der Waals surface area contributed by atoms with Crippen LogP contribution in [0.4, 0.5) is 0 Å². The molecule has 0 radical (unpaired) electrons. The molecule has 1 aliphatic heterocycles. The summed E-state index contributed by atoms with van der Waals surface area (Å²) in [5.41, 5.74) is 12.6. The fraction of sp³-hybridized carbons (Fsp3) is 0.636. The maximum atomic E-state index is 6.07. The van der Waals surface area contributed by atoms with Gasteiger partial charge in [-0.3, -0.25) is 5.32 Å². The lowest BCUT2D eigenvalue weighted by Crippen LogP contribution is -2.61. The van der Waals surface area contributed by atoms with Crippen LogP contribution in [0.5, 0.6) is 0 Å². The van der Waals surface area contributed by atoms with E-state index in [9.17, 15) is 0 Å². The Kier molecular flexibility index (Phi) is 4.25. The van der Waals surface area contributed by atoms with Crippen LogP contribution in [0.25, 0.3) is 0 Å². The van der Waals surface area contributed by atoms with E-state index < -0.39 is 5.66 Å². The monoisotopic (exact) mass is 241 g/mol. The molecule has 1 aliphatic rings. The number of nitrogens with one attached hydrogen (secondary N) is 2. The Morgan fingerprint density at radius 3 is 2.59 bits per heavy atom. The molecule has 0 amide bonds. The lowest BCUT2D eigenvalue weighted by molar-refractivity contribution is 0.188. The molecular formula is C11H23N5O. The zero-order valence-corrected chi connectivity index (χ0v) is 11.0. The number of nitrogens with two attached hydrogens (primary N) is 2.